The van der Waals surface area contributed by atoms with Crippen LogP contribution in [0.15, 0.2) is 70.2 Å². The number of anilines is 2. The number of aliphatic hydroxyl groups is 6. The van der Waals surface area contributed by atoms with Gasteiger partial charge in [0.25, 0.3) is 0 Å². The molecular formula is C35H52Cl4KN11NaO11-. The molecule has 3 aromatic carbocycles. The third-order valence-corrected chi connectivity index (χ3v) is 7.40. The Morgan fingerprint density at radius 3 is 1.51 bits per heavy atom. The Balaban J connectivity index is -0.000000109. The summed E-state index contributed by atoms with van der Waals surface area (Å²) in [6.45, 7) is 7.63. The van der Waals surface area contributed by atoms with Gasteiger partial charge in [-0.3, -0.25) is 9.80 Å². The standard InChI is InChI=1S/C12H16N4O3.C11H16N3O3.C11H18N2O3.CN.4ClH.K.HNO2.Na/c1-19-12-8-10(15-14-9-13)2-3-11(12)16(4-6-17)5-7-18;1-17-11-8-9(13-12)2-3-10(11)14(4-6-15)5-7-16;1-16-11-8-9(12)2-3-10(11)13(4-6-14)5-7-15;1-2;;;;;;2-1-3;/h2-3,8,17-18H,4-7H2,1H3;2-3,8,15-16H,4-7H2,1H3;2-3,8,14-15H,4-7,12H2,1H3;;4*1H;;(H,2,3);/q;+1;;-1;;;;;+1;;+1/p-3. The number of aliphatic hydroxyl groups excluding tert-OH is 6. The minimum Gasteiger partial charge on any atom is -1.00 e. The molecule has 3 rings (SSSR count). The van der Waals surface area contributed by atoms with E-state index in [-0.39, 0.29) is 170 Å². The van der Waals surface area contributed by atoms with Gasteiger partial charge in [-0.05, 0) is 18.2 Å². The van der Waals surface area contributed by atoms with Crippen LogP contribution in [0.4, 0.5) is 34.1 Å². The summed E-state index contributed by atoms with van der Waals surface area (Å²) in [5, 5.41) is 93.2. The average molecular weight is 1010 g/mol. The van der Waals surface area contributed by atoms with Crippen molar-refractivity contribution in [3.8, 4) is 23.4 Å². The number of hydrogen-bond donors (Lipinski definition) is 9. The Morgan fingerprint density at radius 2 is 1.14 bits per heavy atom. The van der Waals surface area contributed by atoms with Crippen LogP contribution in [0.5, 0.6) is 17.2 Å². The van der Waals surface area contributed by atoms with Crippen molar-refractivity contribution in [2.24, 2.45) is 15.6 Å². The van der Waals surface area contributed by atoms with E-state index in [4.69, 9.17) is 83.2 Å². The Labute approximate surface area is 456 Å². The predicted octanol–water partition coefficient (Wildman–Crippen LogP) is -18.1. The molecule has 0 unspecified atom stereocenters. The molecule has 0 heterocycles. The number of nitrogens with two attached hydrogens (primary N) is 1. The first-order chi connectivity index (χ1) is 27.7. The molecular weight excluding hydrogens is 954 g/mol. The van der Waals surface area contributed by atoms with Crippen LogP contribution in [0.1, 0.15) is 0 Å². The quantitative estimate of drug-likeness (QED) is 0.00787. The molecule has 0 bridgehead atoms. The van der Waals surface area contributed by atoms with Crippen LogP contribution in [0.25, 0.3) is 4.98 Å². The van der Waals surface area contributed by atoms with Gasteiger partial charge in [-0.1, -0.05) is 5.11 Å². The monoisotopic (exact) mass is 1000 g/mol. The number of ether oxygens (including phenoxy) is 3. The van der Waals surface area contributed by atoms with E-state index in [1.807, 2.05) is 6.07 Å². The van der Waals surface area contributed by atoms with Gasteiger partial charge in [-0.2, -0.15) is 5.26 Å². The van der Waals surface area contributed by atoms with Crippen molar-refractivity contribution in [3.63, 3.8) is 0 Å². The van der Waals surface area contributed by atoms with Crippen LogP contribution >= 0.6 is 0 Å². The fraction of sp³-hybridized carbons (Fsp3) is 0.429. The average Bonchev–Trinajstić information content (AvgIpc) is 3.23. The van der Waals surface area contributed by atoms with Gasteiger partial charge in [0.2, 0.25) is 11.6 Å². The van der Waals surface area contributed by atoms with Crippen molar-refractivity contribution in [2.75, 3.05) is 111 Å². The second-order valence-corrected chi connectivity index (χ2v) is 10.7. The van der Waals surface area contributed by atoms with Crippen molar-refractivity contribution >= 4 is 34.1 Å². The SMILES string of the molecule is COc1cc(N)ccc1[NH+](CCO)CCO.COc1cc(N=NC#N)ccc1N(CCO)CCO.COc1cc([N+]#N)ccc1[NH+](CCO)CCO.O=N[O-].[C-]#N.[Cl-].[Cl-].[Cl-].[Cl-].[K+].[Na+]. The fourth-order valence-corrected chi connectivity index (χ4v) is 5.03. The summed E-state index contributed by atoms with van der Waals surface area (Å²) in [5.74, 6) is 1.78. The smallest absolute Gasteiger partial charge is 1.00 e. The number of azo groups is 1. The van der Waals surface area contributed by atoms with E-state index in [0.29, 0.717) is 73.6 Å². The minimum absolute atomic E-state index is 0. The zero-order valence-electron chi connectivity index (χ0n) is 35.6. The molecule has 0 saturated heterocycles. The van der Waals surface area contributed by atoms with Gasteiger partial charge in [0, 0.05) is 49.1 Å². The number of quaternary nitrogens is 2. The summed E-state index contributed by atoms with van der Waals surface area (Å²) in [4.78, 5) is 14.8. The van der Waals surface area contributed by atoms with Crippen molar-refractivity contribution in [3.05, 3.63) is 76.3 Å². The first-order valence-corrected chi connectivity index (χ1v) is 16.9. The van der Waals surface area contributed by atoms with E-state index < -0.39 is 0 Å². The van der Waals surface area contributed by atoms with Crippen LogP contribution < -0.4 is 165 Å². The van der Waals surface area contributed by atoms with Crippen molar-refractivity contribution < 1.29 is 185 Å². The molecule has 10 N–H and O–H groups in total. The number of rotatable bonds is 19. The number of nitriles is 1. The molecule has 0 aliphatic carbocycles. The van der Waals surface area contributed by atoms with E-state index in [0.717, 1.165) is 32.2 Å². The second-order valence-electron chi connectivity index (χ2n) is 10.7. The molecule has 0 atom stereocenters. The Morgan fingerprint density at radius 1 is 0.730 bits per heavy atom. The number of methoxy groups -OCH3 is 3. The van der Waals surface area contributed by atoms with Gasteiger partial charge in [0.15, 0.2) is 27.8 Å². The predicted molar refractivity (Wildman–Crippen MR) is 208 cm³/mol. The summed E-state index contributed by atoms with van der Waals surface area (Å²) < 4.78 is 15.7. The first-order valence-electron chi connectivity index (χ1n) is 16.9. The van der Waals surface area contributed by atoms with Crippen LogP contribution in [0, 0.1) is 38.8 Å². The topological polar surface area (TPSA) is 340 Å². The third kappa shape index (κ3) is 32.0. The van der Waals surface area contributed by atoms with Crippen molar-refractivity contribution in [1.82, 2.24) is 0 Å². The molecule has 0 spiro atoms. The molecule has 0 fully saturated rings. The van der Waals surface area contributed by atoms with Gasteiger partial charge in [0.1, 0.15) is 31.9 Å². The summed E-state index contributed by atoms with van der Waals surface area (Å²) in [7, 11) is 4.61. The molecule has 344 valence electrons. The minimum atomic E-state index is -0.0287. The van der Waals surface area contributed by atoms with Gasteiger partial charge >= 0.3 is 86.6 Å². The zero-order valence-corrected chi connectivity index (χ0v) is 43.7. The maximum Gasteiger partial charge on any atom is 1.00 e. The van der Waals surface area contributed by atoms with E-state index in [9.17, 15) is 0 Å². The molecule has 0 amide bonds. The maximum absolute atomic E-state index is 9.03. The largest absolute Gasteiger partial charge is 1.00 e. The molecule has 0 aromatic heterocycles. The number of benzene rings is 3. The van der Waals surface area contributed by atoms with E-state index in [2.05, 4.69) is 15.2 Å². The van der Waals surface area contributed by atoms with E-state index >= 15 is 0 Å². The molecule has 0 aliphatic rings. The molecule has 0 radical (unpaired) electrons. The molecule has 63 heavy (non-hydrogen) atoms. The van der Waals surface area contributed by atoms with Gasteiger partial charge < -0.3 is 127 Å². The number of nitrogens with zero attached hydrogens (tertiary/aromatic N) is 8. The van der Waals surface area contributed by atoms with E-state index in [1.165, 1.54) is 14.2 Å². The summed E-state index contributed by atoms with van der Waals surface area (Å²) in [5.41, 5.74) is 9.65. The van der Waals surface area contributed by atoms with Gasteiger partial charge in [-0.15, -0.1) is 10.5 Å². The number of hydrogen-bond acceptors (Lipinski definition) is 19. The van der Waals surface area contributed by atoms with Gasteiger partial charge in [-0.25, -0.2) is 0 Å². The summed E-state index contributed by atoms with van der Waals surface area (Å²) in [6, 6.07) is 15.4. The van der Waals surface area contributed by atoms with Gasteiger partial charge in [0.05, 0.1) is 78.4 Å². The Hall–Kier alpha value is -2.46. The van der Waals surface area contributed by atoms with E-state index in [1.54, 1.807) is 66.7 Å². The zero-order chi connectivity index (χ0) is 43.4. The van der Waals surface area contributed by atoms with Crippen molar-refractivity contribution in [1.29, 1.82) is 15.9 Å². The number of nitrogen functional groups attached to an aromatic ring is 1. The number of diazo groups is 1. The van der Waals surface area contributed by atoms with Crippen LogP contribution in [0.3, 0.4) is 0 Å². The first kappa shape index (κ1) is 77.7. The normalized spacial score (nSPS) is 8.87. The van der Waals surface area contributed by atoms with Crippen LogP contribution in [-0.2, 0) is 0 Å². The van der Waals surface area contributed by atoms with Crippen LogP contribution in [0.2, 0.25) is 0 Å². The molecule has 0 aliphatic heterocycles. The summed E-state index contributed by atoms with van der Waals surface area (Å²) >= 11 is 0. The molecule has 28 heteroatoms. The Bertz CT molecular complexity index is 1690. The second kappa shape index (κ2) is 52.2. The van der Waals surface area contributed by atoms with Crippen LogP contribution in [-0.4, -0.2) is 131 Å². The Kier molecular flexibility index (Phi) is 64.4. The molecule has 22 nitrogen and oxygen atoms in total. The van der Waals surface area contributed by atoms with Crippen molar-refractivity contribution in [2.45, 2.75) is 0 Å². The fourth-order valence-electron chi connectivity index (χ4n) is 5.03. The third-order valence-electron chi connectivity index (χ3n) is 7.40. The molecule has 3 aromatic rings. The summed E-state index contributed by atoms with van der Waals surface area (Å²) in [6.07, 6.45) is 1.57. The number of nitrogens with one attached hydrogen (secondary N) is 2. The molecule has 0 saturated carbocycles. The maximum atomic E-state index is 9.03. The number of halogens is 4.